The van der Waals surface area contributed by atoms with Crippen LogP contribution in [0.1, 0.15) is 21.6 Å². The lowest BCUT2D eigenvalue weighted by atomic mass is 10.1. The van der Waals surface area contributed by atoms with Crippen molar-refractivity contribution in [2.75, 3.05) is 18.5 Å². The molecule has 0 fully saturated rings. The Labute approximate surface area is 179 Å². The lowest BCUT2D eigenvalue weighted by molar-refractivity contribution is 0.0999. The molecule has 0 aliphatic heterocycles. The molecule has 3 aromatic rings. The highest BCUT2D eigenvalue weighted by molar-refractivity contribution is 5.94. The average molecular weight is 420 g/mol. The molecule has 0 saturated carbocycles. The van der Waals surface area contributed by atoms with Gasteiger partial charge in [0.2, 0.25) is 0 Å². The second kappa shape index (κ2) is 10.8. The number of urea groups is 1. The summed E-state index contributed by atoms with van der Waals surface area (Å²) in [5.41, 5.74) is 9.29. The van der Waals surface area contributed by atoms with Gasteiger partial charge in [-0.3, -0.25) is 14.8 Å². The number of nitrogens with zero attached hydrogens (tertiary/aromatic N) is 2. The van der Waals surface area contributed by atoms with Crippen molar-refractivity contribution in [3.63, 3.8) is 0 Å². The van der Waals surface area contributed by atoms with E-state index in [0.29, 0.717) is 42.3 Å². The van der Waals surface area contributed by atoms with Crippen molar-refractivity contribution in [2.45, 2.75) is 13.1 Å². The molecule has 160 valence electrons. The zero-order chi connectivity index (χ0) is 22.1. The van der Waals surface area contributed by atoms with Crippen LogP contribution in [0, 0.1) is 0 Å². The molecule has 0 radical (unpaired) electrons. The molecule has 3 amide bonds. The summed E-state index contributed by atoms with van der Waals surface area (Å²) >= 11 is 0. The summed E-state index contributed by atoms with van der Waals surface area (Å²) in [6, 6.07) is 13.9. The van der Waals surface area contributed by atoms with E-state index in [9.17, 15) is 9.59 Å². The summed E-state index contributed by atoms with van der Waals surface area (Å²) in [5, 5.41) is 17.5. The van der Waals surface area contributed by atoms with E-state index in [0.717, 1.165) is 11.1 Å². The molecule has 31 heavy (non-hydrogen) atoms. The van der Waals surface area contributed by atoms with E-state index in [1.165, 1.54) is 0 Å². The topological polar surface area (TPSA) is 142 Å². The van der Waals surface area contributed by atoms with Crippen molar-refractivity contribution in [3.8, 4) is 11.3 Å². The van der Waals surface area contributed by atoms with Crippen molar-refractivity contribution < 1.29 is 14.7 Å². The van der Waals surface area contributed by atoms with Gasteiger partial charge in [-0.05, 0) is 35.9 Å². The molecule has 1 aromatic carbocycles. The van der Waals surface area contributed by atoms with E-state index in [2.05, 4.69) is 25.9 Å². The Hall–Kier alpha value is -3.82. The molecule has 0 spiro atoms. The number of pyridine rings is 2. The largest absolute Gasteiger partial charge is 0.395 e. The minimum absolute atomic E-state index is 0.0180. The molecule has 2 aromatic heterocycles. The quantitative estimate of drug-likeness (QED) is 0.333. The zero-order valence-corrected chi connectivity index (χ0v) is 16.8. The minimum atomic E-state index is -0.559. The summed E-state index contributed by atoms with van der Waals surface area (Å²) < 4.78 is 0. The molecule has 9 nitrogen and oxygen atoms in total. The number of aliphatic hydroxyl groups is 1. The maximum absolute atomic E-state index is 12.1. The van der Waals surface area contributed by atoms with Gasteiger partial charge in [0.25, 0.3) is 5.91 Å². The predicted octanol–water partition coefficient (Wildman–Crippen LogP) is 1.65. The van der Waals surface area contributed by atoms with Gasteiger partial charge in [-0.15, -0.1) is 0 Å². The van der Waals surface area contributed by atoms with Crippen LogP contribution in [0.25, 0.3) is 11.3 Å². The van der Waals surface area contributed by atoms with E-state index in [1.54, 1.807) is 36.7 Å². The maximum Gasteiger partial charge on any atom is 0.319 e. The molecule has 9 heteroatoms. The van der Waals surface area contributed by atoms with Gasteiger partial charge in [0.1, 0.15) is 0 Å². The first-order valence-corrected chi connectivity index (χ1v) is 9.72. The fourth-order valence-electron chi connectivity index (χ4n) is 2.89. The number of aromatic nitrogens is 2. The number of anilines is 1. The normalized spacial score (nSPS) is 10.5. The highest BCUT2D eigenvalue weighted by Gasteiger charge is 2.12. The molecule has 0 saturated heterocycles. The van der Waals surface area contributed by atoms with Crippen LogP contribution in [0.2, 0.25) is 0 Å². The molecule has 6 N–H and O–H groups in total. The minimum Gasteiger partial charge on any atom is -0.395 e. The van der Waals surface area contributed by atoms with Crippen LogP contribution in [0.4, 0.5) is 10.5 Å². The van der Waals surface area contributed by atoms with Crippen LogP contribution in [-0.2, 0) is 13.1 Å². The molecule has 0 aliphatic rings. The number of aliphatic hydroxyl groups excluding tert-OH is 1. The van der Waals surface area contributed by atoms with Gasteiger partial charge >= 0.3 is 6.03 Å². The summed E-state index contributed by atoms with van der Waals surface area (Å²) in [5.74, 6) is -0.559. The van der Waals surface area contributed by atoms with Gasteiger partial charge in [-0.1, -0.05) is 18.2 Å². The number of hydrogen-bond donors (Lipinski definition) is 5. The number of nitrogens with two attached hydrogens (primary N) is 1. The maximum atomic E-state index is 12.1. The van der Waals surface area contributed by atoms with E-state index < -0.39 is 5.91 Å². The van der Waals surface area contributed by atoms with Crippen LogP contribution in [0.3, 0.4) is 0 Å². The molecule has 3 rings (SSSR count). The van der Waals surface area contributed by atoms with Gasteiger partial charge in [0, 0.05) is 43.3 Å². The summed E-state index contributed by atoms with van der Waals surface area (Å²) in [7, 11) is 0. The number of amides is 3. The first kappa shape index (κ1) is 21.9. The number of benzene rings is 1. The van der Waals surface area contributed by atoms with Gasteiger partial charge < -0.3 is 26.8 Å². The van der Waals surface area contributed by atoms with E-state index in [4.69, 9.17) is 10.8 Å². The highest BCUT2D eigenvalue weighted by Crippen LogP contribution is 2.21. The van der Waals surface area contributed by atoms with Crippen molar-refractivity contribution >= 4 is 17.6 Å². The lowest BCUT2D eigenvalue weighted by Gasteiger charge is -2.11. The Morgan fingerprint density at radius 2 is 1.84 bits per heavy atom. The van der Waals surface area contributed by atoms with Crippen LogP contribution in [0.5, 0.6) is 0 Å². The lowest BCUT2D eigenvalue weighted by Crippen LogP contribution is -2.28. The smallest absolute Gasteiger partial charge is 0.319 e. The Kier molecular flexibility index (Phi) is 7.63. The third kappa shape index (κ3) is 6.33. The molecule has 2 heterocycles. The van der Waals surface area contributed by atoms with Crippen LogP contribution in [-0.4, -0.2) is 40.2 Å². The fraction of sp³-hybridized carbons (Fsp3) is 0.182. The van der Waals surface area contributed by atoms with Crippen molar-refractivity contribution in [1.82, 2.24) is 20.6 Å². The number of rotatable bonds is 9. The molecular weight excluding hydrogens is 396 g/mol. The van der Waals surface area contributed by atoms with Crippen LogP contribution >= 0.6 is 0 Å². The monoisotopic (exact) mass is 420 g/mol. The Morgan fingerprint density at radius 3 is 2.52 bits per heavy atom. The third-order valence-electron chi connectivity index (χ3n) is 4.44. The molecule has 0 atom stereocenters. The average Bonchev–Trinajstić information content (AvgIpc) is 2.79. The van der Waals surface area contributed by atoms with Crippen LogP contribution in [0.15, 0.2) is 60.9 Å². The number of primary amides is 1. The summed E-state index contributed by atoms with van der Waals surface area (Å²) in [6.45, 7) is 1.05. The Balaban J connectivity index is 1.65. The summed E-state index contributed by atoms with van der Waals surface area (Å²) in [4.78, 5) is 32.3. The van der Waals surface area contributed by atoms with Gasteiger partial charge in [0.15, 0.2) is 0 Å². The second-order valence-corrected chi connectivity index (χ2v) is 6.70. The molecule has 0 unspecified atom stereocenters. The zero-order valence-electron chi connectivity index (χ0n) is 16.8. The van der Waals surface area contributed by atoms with Gasteiger partial charge in [0.05, 0.1) is 23.6 Å². The number of hydrogen-bond acceptors (Lipinski definition) is 6. The first-order chi connectivity index (χ1) is 15.1. The molecular formula is C22H24N6O3. The van der Waals surface area contributed by atoms with Gasteiger partial charge in [-0.25, -0.2) is 4.79 Å². The number of carbonyl (C=O) groups is 2. The fourth-order valence-corrected chi connectivity index (χ4v) is 2.89. The van der Waals surface area contributed by atoms with Crippen molar-refractivity contribution in [2.24, 2.45) is 5.73 Å². The van der Waals surface area contributed by atoms with E-state index >= 15 is 0 Å². The third-order valence-corrected chi connectivity index (χ3v) is 4.44. The van der Waals surface area contributed by atoms with Crippen molar-refractivity contribution in [1.29, 1.82) is 0 Å². The first-order valence-electron chi connectivity index (χ1n) is 9.72. The number of nitrogens with one attached hydrogen (secondary N) is 3. The molecule has 0 bridgehead atoms. The van der Waals surface area contributed by atoms with E-state index in [-0.39, 0.29) is 12.6 Å². The Morgan fingerprint density at radius 1 is 1.03 bits per heavy atom. The van der Waals surface area contributed by atoms with E-state index in [1.807, 2.05) is 24.3 Å². The highest BCUT2D eigenvalue weighted by atomic mass is 16.3. The standard InChI is InChI=1S/C22H24N6O3/c23-21(30)18-7-8-19(28-20(18)14-25-10-11-29)16-3-5-17(6-4-16)27-22(31)26-13-15-2-1-9-24-12-15/h1-9,12,25,29H,10-11,13-14H2,(H2,23,30)(H2,26,27,31). The Bertz CT molecular complexity index is 1030. The predicted molar refractivity (Wildman–Crippen MR) is 117 cm³/mol. The van der Waals surface area contributed by atoms with Crippen molar-refractivity contribution in [3.05, 3.63) is 77.7 Å². The SMILES string of the molecule is NC(=O)c1ccc(-c2ccc(NC(=O)NCc3cccnc3)cc2)nc1CNCCO. The van der Waals surface area contributed by atoms with Gasteiger partial charge in [-0.2, -0.15) is 0 Å². The second-order valence-electron chi connectivity index (χ2n) is 6.70. The summed E-state index contributed by atoms with van der Waals surface area (Å²) in [6.07, 6.45) is 3.37. The number of carbonyl (C=O) groups excluding carboxylic acids is 2. The molecule has 0 aliphatic carbocycles. The van der Waals surface area contributed by atoms with Crippen LogP contribution < -0.4 is 21.7 Å².